The van der Waals surface area contributed by atoms with E-state index in [0.29, 0.717) is 5.56 Å². The summed E-state index contributed by atoms with van der Waals surface area (Å²) in [7, 11) is -4.19. The summed E-state index contributed by atoms with van der Waals surface area (Å²) in [6.07, 6.45) is 0.883. The lowest BCUT2D eigenvalue weighted by atomic mass is 10.2. The Kier molecular flexibility index (Phi) is 3.45. The predicted molar refractivity (Wildman–Crippen MR) is 67.5 cm³/mol. The first kappa shape index (κ1) is 14.0. The van der Waals surface area contributed by atoms with Crippen LogP contribution in [0.4, 0.5) is 10.1 Å². The summed E-state index contributed by atoms with van der Waals surface area (Å²) in [6.45, 7) is 1.60. The number of carboxylic acids is 1. The topological polar surface area (TPSA) is 112 Å². The zero-order valence-corrected chi connectivity index (χ0v) is 11.0. The molecule has 0 bridgehead atoms. The molecule has 0 saturated carbocycles. The van der Waals surface area contributed by atoms with Crippen LogP contribution in [0.25, 0.3) is 0 Å². The van der Waals surface area contributed by atoms with Crippen LogP contribution in [0.3, 0.4) is 0 Å². The Labute approximate surface area is 113 Å². The summed E-state index contributed by atoms with van der Waals surface area (Å²) < 4.78 is 39.4. The van der Waals surface area contributed by atoms with Crippen molar-refractivity contribution in [2.75, 3.05) is 4.72 Å². The van der Waals surface area contributed by atoms with Gasteiger partial charge in [0, 0.05) is 0 Å². The third-order valence-corrected chi connectivity index (χ3v) is 3.75. The standard InChI is InChI=1S/C11H10FN3O4S/c1-6-2-7(12)4-8(3-6)15-20(18,19)10-9(11(16)17)5-13-14-10/h2-5,15H,1H3,(H,13,14)(H,16,17). The predicted octanol–water partition coefficient (Wildman–Crippen LogP) is 1.36. The fourth-order valence-electron chi connectivity index (χ4n) is 1.63. The van der Waals surface area contributed by atoms with Crippen molar-refractivity contribution in [1.82, 2.24) is 10.2 Å². The summed E-state index contributed by atoms with van der Waals surface area (Å²) in [5, 5.41) is 13.8. The maximum absolute atomic E-state index is 13.2. The van der Waals surface area contributed by atoms with Crippen LogP contribution in [0.2, 0.25) is 0 Å². The highest BCUT2D eigenvalue weighted by atomic mass is 32.2. The minimum atomic E-state index is -4.19. The molecule has 0 spiro atoms. The third kappa shape index (κ3) is 2.77. The lowest BCUT2D eigenvalue weighted by Crippen LogP contribution is -2.16. The number of halogens is 1. The van der Waals surface area contributed by atoms with Gasteiger partial charge in [0.1, 0.15) is 11.4 Å². The maximum atomic E-state index is 13.2. The molecule has 0 radical (unpaired) electrons. The molecule has 2 aromatic rings. The zero-order chi connectivity index (χ0) is 14.9. The Morgan fingerprint density at radius 2 is 2.10 bits per heavy atom. The number of rotatable bonds is 4. The average molecular weight is 299 g/mol. The van der Waals surface area contributed by atoms with Crippen molar-refractivity contribution in [3.05, 3.63) is 41.3 Å². The van der Waals surface area contributed by atoms with E-state index in [0.717, 1.165) is 12.3 Å². The van der Waals surface area contributed by atoms with E-state index in [9.17, 15) is 17.6 Å². The largest absolute Gasteiger partial charge is 0.478 e. The number of carbonyl (C=O) groups is 1. The second kappa shape index (κ2) is 4.93. The van der Waals surface area contributed by atoms with Gasteiger partial charge in [-0.05, 0) is 30.7 Å². The molecule has 0 aliphatic heterocycles. The van der Waals surface area contributed by atoms with E-state index in [2.05, 4.69) is 14.9 Å². The SMILES string of the molecule is Cc1cc(F)cc(NS(=O)(=O)c2[nH]ncc2C(=O)O)c1. The van der Waals surface area contributed by atoms with Crippen molar-refractivity contribution in [3.63, 3.8) is 0 Å². The second-order valence-electron chi connectivity index (χ2n) is 4.04. The Morgan fingerprint density at radius 3 is 2.70 bits per heavy atom. The fraction of sp³-hybridized carbons (Fsp3) is 0.0909. The van der Waals surface area contributed by atoms with Crippen molar-refractivity contribution >= 4 is 21.7 Å². The fourth-order valence-corrected chi connectivity index (χ4v) is 2.77. The van der Waals surface area contributed by atoms with E-state index < -0.39 is 32.4 Å². The minimum Gasteiger partial charge on any atom is -0.478 e. The molecule has 3 N–H and O–H groups in total. The molecule has 0 unspecified atom stereocenters. The summed E-state index contributed by atoms with van der Waals surface area (Å²) in [4.78, 5) is 10.9. The number of hydrogen-bond acceptors (Lipinski definition) is 4. The Bertz CT molecular complexity index is 749. The number of aromatic nitrogens is 2. The molecule has 0 saturated heterocycles. The van der Waals surface area contributed by atoms with E-state index in [-0.39, 0.29) is 5.69 Å². The Morgan fingerprint density at radius 1 is 1.40 bits per heavy atom. The number of nitrogens with one attached hydrogen (secondary N) is 2. The number of H-pyrrole nitrogens is 1. The van der Waals surface area contributed by atoms with E-state index in [1.165, 1.54) is 12.1 Å². The quantitative estimate of drug-likeness (QED) is 0.789. The van der Waals surface area contributed by atoms with Gasteiger partial charge >= 0.3 is 5.97 Å². The molecular formula is C11H10FN3O4S. The van der Waals surface area contributed by atoms with Crippen molar-refractivity contribution < 1.29 is 22.7 Å². The molecule has 20 heavy (non-hydrogen) atoms. The first-order chi connectivity index (χ1) is 9.29. The van der Waals surface area contributed by atoms with Gasteiger partial charge in [-0.2, -0.15) is 13.5 Å². The van der Waals surface area contributed by atoms with Crippen molar-refractivity contribution in [1.29, 1.82) is 0 Å². The van der Waals surface area contributed by atoms with Gasteiger partial charge in [-0.1, -0.05) is 0 Å². The lowest BCUT2D eigenvalue weighted by Gasteiger charge is -2.08. The van der Waals surface area contributed by atoms with E-state index >= 15 is 0 Å². The molecule has 0 amide bonds. The van der Waals surface area contributed by atoms with E-state index in [1.807, 2.05) is 0 Å². The number of carboxylic acid groups (broad SMARTS) is 1. The number of nitrogens with zero attached hydrogens (tertiary/aromatic N) is 1. The molecule has 106 valence electrons. The van der Waals surface area contributed by atoms with Crippen molar-refractivity contribution in [2.45, 2.75) is 11.9 Å². The van der Waals surface area contributed by atoms with Crippen LogP contribution < -0.4 is 4.72 Å². The first-order valence-electron chi connectivity index (χ1n) is 5.36. The number of hydrogen-bond donors (Lipinski definition) is 3. The smallest absolute Gasteiger partial charge is 0.340 e. The molecule has 0 atom stereocenters. The van der Waals surface area contributed by atoms with Crippen molar-refractivity contribution in [3.8, 4) is 0 Å². The van der Waals surface area contributed by atoms with Gasteiger partial charge in [0.05, 0.1) is 11.9 Å². The van der Waals surface area contributed by atoms with Crippen LogP contribution in [0.5, 0.6) is 0 Å². The van der Waals surface area contributed by atoms with E-state index in [1.54, 1.807) is 6.92 Å². The maximum Gasteiger partial charge on any atom is 0.340 e. The first-order valence-corrected chi connectivity index (χ1v) is 6.84. The number of aromatic amines is 1. The molecule has 0 aliphatic carbocycles. The average Bonchev–Trinajstić information content (AvgIpc) is 2.75. The number of sulfonamides is 1. The van der Waals surface area contributed by atoms with Gasteiger partial charge in [0.25, 0.3) is 10.0 Å². The molecule has 7 nitrogen and oxygen atoms in total. The van der Waals surface area contributed by atoms with Gasteiger partial charge in [-0.25, -0.2) is 9.18 Å². The summed E-state index contributed by atoms with van der Waals surface area (Å²) in [6, 6.07) is 3.63. The van der Waals surface area contributed by atoms with Gasteiger partial charge in [-0.3, -0.25) is 9.82 Å². The molecule has 0 fully saturated rings. The number of anilines is 1. The monoisotopic (exact) mass is 299 g/mol. The van der Waals surface area contributed by atoms with Gasteiger partial charge in [0.2, 0.25) is 0 Å². The molecule has 1 aromatic carbocycles. The van der Waals surface area contributed by atoms with Crippen LogP contribution in [0, 0.1) is 12.7 Å². The van der Waals surface area contributed by atoms with Crippen LogP contribution in [0.1, 0.15) is 15.9 Å². The highest BCUT2D eigenvalue weighted by Crippen LogP contribution is 2.19. The molecule has 2 rings (SSSR count). The minimum absolute atomic E-state index is 0.00608. The number of benzene rings is 1. The van der Waals surface area contributed by atoms with E-state index in [4.69, 9.17) is 5.11 Å². The van der Waals surface area contributed by atoms with Gasteiger partial charge < -0.3 is 5.11 Å². The normalized spacial score (nSPS) is 11.3. The van der Waals surface area contributed by atoms with Crippen LogP contribution in [-0.4, -0.2) is 29.7 Å². The summed E-state index contributed by atoms with van der Waals surface area (Å²) in [5.41, 5.74) is 0.0184. The molecule has 1 heterocycles. The lowest BCUT2D eigenvalue weighted by molar-refractivity contribution is 0.0692. The van der Waals surface area contributed by atoms with Crippen LogP contribution in [0.15, 0.2) is 29.4 Å². The van der Waals surface area contributed by atoms with Crippen LogP contribution >= 0.6 is 0 Å². The third-order valence-electron chi connectivity index (χ3n) is 2.40. The van der Waals surface area contributed by atoms with Gasteiger partial charge in [-0.15, -0.1) is 0 Å². The summed E-state index contributed by atoms with van der Waals surface area (Å²) in [5.74, 6) is -2.04. The van der Waals surface area contributed by atoms with Crippen molar-refractivity contribution in [2.24, 2.45) is 0 Å². The van der Waals surface area contributed by atoms with Crippen LogP contribution in [-0.2, 0) is 10.0 Å². The van der Waals surface area contributed by atoms with Gasteiger partial charge in [0.15, 0.2) is 5.03 Å². The number of aromatic carboxylic acids is 1. The zero-order valence-electron chi connectivity index (χ0n) is 10.2. The Balaban J connectivity index is 2.41. The Hall–Kier alpha value is -2.42. The molecule has 9 heteroatoms. The molecular weight excluding hydrogens is 289 g/mol. The summed E-state index contributed by atoms with van der Waals surface area (Å²) >= 11 is 0. The highest BCUT2D eigenvalue weighted by molar-refractivity contribution is 7.92. The number of aryl methyl sites for hydroxylation is 1. The highest BCUT2D eigenvalue weighted by Gasteiger charge is 2.25. The molecule has 1 aromatic heterocycles. The molecule has 0 aliphatic rings. The second-order valence-corrected chi connectivity index (χ2v) is 5.66.